The molecule has 0 saturated carbocycles. The molecule has 2 saturated heterocycles. The maximum Gasteiger partial charge on any atom is 0.270 e. The number of carbonyl (C=O) groups excluding carboxylic acids is 2. The van der Waals surface area contributed by atoms with Crippen LogP contribution >= 0.6 is 12.4 Å². The number of non-ortho nitro benzene ring substituents is 1. The van der Waals surface area contributed by atoms with Gasteiger partial charge in [-0.2, -0.15) is 0 Å². The zero-order valence-corrected chi connectivity index (χ0v) is 16.0. The molecule has 1 aromatic carbocycles. The molecule has 9 heteroatoms. The number of amides is 2. The van der Waals surface area contributed by atoms with E-state index in [9.17, 15) is 19.7 Å². The van der Waals surface area contributed by atoms with Crippen LogP contribution in [0.5, 0.6) is 0 Å². The summed E-state index contributed by atoms with van der Waals surface area (Å²) in [5.74, 6) is 0.673. The number of nitrogens with zero attached hydrogens (tertiary/aromatic N) is 2. The summed E-state index contributed by atoms with van der Waals surface area (Å²) in [6, 6.07) is 4.83. The Morgan fingerprint density at radius 1 is 1.26 bits per heavy atom. The standard InChI is InChI=1S/C18H24N4O4.ClH/c1-12(20-17(23)13-3-2-4-16(9-13)22(25)26)18(24)21-7-5-14-10-19-11-15(14)6-8-21;/h2-4,9,12,14-15,19H,5-8,10-11H2,1H3,(H,20,23);1H/t12?,14-,15+;. The average molecular weight is 397 g/mol. The van der Waals surface area contributed by atoms with Crippen molar-refractivity contribution in [1.29, 1.82) is 0 Å². The van der Waals surface area contributed by atoms with Crippen LogP contribution in [0.15, 0.2) is 24.3 Å². The number of nitrogens with one attached hydrogen (secondary N) is 2. The molecule has 27 heavy (non-hydrogen) atoms. The summed E-state index contributed by atoms with van der Waals surface area (Å²) in [5.41, 5.74) is 0.0274. The van der Waals surface area contributed by atoms with Crippen molar-refractivity contribution < 1.29 is 14.5 Å². The molecule has 3 rings (SSSR count). The molecule has 1 aromatic rings. The molecule has 2 heterocycles. The van der Waals surface area contributed by atoms with Crippen LogP contribution < -0.4 is 10.6 Å². The molecule has 3 atom stereocenters. The minimum atomic E-state index is -0.669. The van der Waals surface area contributed by atoms with E-state index in [0.29, 0.717) is 24.9 Å². The Labute approximate surface area is 164 Å². The minimum Gasteiger partial charge on any atom is -0.341 e. The lowest BCUT2D eigenvalue weighted by atomic mass is 9.92. The Kier molecular flexibility index (Phi) is 7.15. The van der Waals surface area contributed by atoms with Crippen LogP contribution in [0.3, 0.4) is 0 Å². The molecule has 2 aliphatic rings. The van der Waals surface area contributed by atoms with Gasteiger partial charge in [-0.1, -0.05) is 6.07 Å². The van der Waals surface area contributed by atoms with E-state index >= 15 is 0 Å². The minimum absolute atomic E-state index is 0. The van der Waals surface area contributed by atoms with Crippen molar-refractivity contribution in [2.24, 2.45) is 11.8 Å². The van der Waals surface area contributed by atoms with Gasteiger partial charge in [-0.15, -0.1) is 12.4 Å². The van der Waals surface area contributed by atoms with E-state index in [1.807, 2.05) is 4.90 Å². The quantitative estimate of drug-likeness (QED) is 0.594. The van der Waals surface area contributed by atoms with Crippen LogP contribution in [0.4, 0.5) is 5.69 Å². The van der Waals surface area contributed by atoms with Crippen molar-refractivity contribution >= 4 is 29.9 Å². The summed E-state index contributed by atoms with van der Waals surface area (Å²) in [4.78, 5) is 37.2. The van der Waals surface area contributed by atoms with Gasteiger partial charge in [0.1, 0.15) is 6.04 Å². The van der Waals surface area contributed by atoms with E-state index in [-0.39, 0.29) is 29.6 Å². The van der Waals surface area contributed by atoms with Crippen LogP contribution in [0.2, 0.25) is 0 Å². The second kappa shape index (κ2) is 9.14. The Morgan fingerprint density at radius 3 is 2.48 bits per heavy atom. The van der Waals surface area contributed by atoms with E-state index in [4.69, 9.17) is 0 Å². The number of benzene rings is 1. The summed E-state index contributed by atoms with van der Waals surface area (Å²) in [5, 5.41) is 16.9. The third kappa shape index (κ3) is 4.95. The van der Waals surface area contributed by atoms with Gasteiger partial charge in [0, 0.05) is 30.8 Å². The van der Waals surface area contributed by atoms with Gasteiger partial charge in [-0.05, 0) is 50.8 Å². The number of fused-ring (bicyclic) bond motifs is 1. The number of nitro benzene ring substituents is 1. The second-order valence-electron chi connectivity index (χ2n) is 7.08. The number of rotatable bonds is 4. The highest BCUT2D eigenvalue weighted by molar-refractivity contribution is 5.97. The topological polar surface area (TPSA) is 105 Å². The van der Waals surface area contributed by atoms with Gasteiger partial charge < -0.3 is 15.5 Å². The number of likely N-dealkylation sites (tertiary alicyclic amines) is 1. The molecule has 1 unspecified atom stereocenters. The van der Waals surface area contributed by atoms with Crippen LogP contribution in [0.25, 0.3) is 0 Å². The number of hydrogen-bond donors (Lipinski definition) is 2. The summed E-state index contributed by atoms with van der Waals surface area (Å²) >= 11 is 0. The molecule has 148 valence electrons. The van der Waals surface area contributed by atoms with Gasteiger partial charge in [-0.3, -0.25) is 19.7 Å². The first-order valence-electron chi connectivity index (χ1n) is 9.00. The van der Waals surface area contributed by atoms with Crippen LogP contribution in [-0.2, 0) is 4.79 Å². The average Bonchev–Trinajstić information content (AvgIpc) is 2.99. The molecule has 2 aliphatic heterocycles. The molecule has 0 radical (unpaired) electrons. The molecule has 8 nitrogen and oxygen atoms in total. The van der Waals surface area contributed by atoms with Crippen molar-refractivity contribution in [3.8, 4) is 0 Å². The van der Waals surface area contributed by atoms with E-state index in [0.717, 1.165) is 25.9 Å². The Bertz CT molecular complexity index is 700. The number of halogens is 1. The van der Waals surface area contributed by atoms with Crippen molar-refractivity contribution in [3.05, 3.63) is 39.9 Å². The first-order valence-corrected chi connectivity index (χ1v) is 9.00. The second-order valence-corrected chi connectivity index (χ2v) is 7.08. The first-order chi connectivity index (χ1) is 12.5. The fraction of sp³-hybridized carbons (Fsp3) is 0.556. The Hall–Kier alpha value is -2.19. The lowest BCUT2D eigenvalue weighted by molar-refractivity contribution is -0.384. The summed E-state index contributed by atoms with van der Waals surface area (Å²) in [7, 11) is 0. The predicted molar refractivity (Wildman–Crippen MR) is 103 cm³/mol. The number of carbonyl (C=O) groups is 2. The van der Waals surface area contributed by atoms with Crippen molar-refractivity contribution in [2.45, 2.75) is 25.8 Å². The third-order valence-corrected chi connectivity index (χ3v) is 5.37. The maximum atomic E-state index is 12.7. The van der Waals surface area contributed by atoms with E-state index < -0.39 is 16.9 Å². The van der Waals surface area contributed by atoms with Crippen molar-refractivity contribution in [3.63, 3.8) is 0 Å². The monoisotopic (exact) mass is 396 g/mol. The normalized spacial score (nSPS) is 22.8. The molecule has 0 aromatic heterocycles. The summed E-state index contributed by atoms with van der Waals surface area (Å²) in [6.07, 6.45) is 1.96. The first kappa shape index (κ1) is 21.1. The largest absolute Gasteiger partial charge is 0.341 e. The molecule has 2 N–H and O–H groups in total. The van der Waals surface area contributed by atoms with Crippen LogP contribution in [0, 0.1) is 22.0 Å². The molecule has 0 bridgehead atoms. The Balaban J connectivity index is 0.00000261. The van der Waals surface area contributed by atoms with Crippen LogP contribution in [-0.4, -0.2) is 53.9 Å². The molecular formula is C18H25ClN4O4. The van der Waals surface area contributed by atoms with E-state index in [2.05, 4.69) is 10.6 Å². The summed E-state index contributed by atoms with van der Waals surface area (Å²) in [6.45, 7) is 5.11. The summed E-state index contributed by atoms with van der Waals surface area (Å²) < 4.78 is 0. The predicted octanol–water partition coefficient (Wildman–Crippen LogP) is 1.59. The molecule has 2 fully saturated rings. The lowest BCUT2D eigenvalue weighted by Crippen LogP contribution is -2.47. The molecule has 0 aliphatic carbocycles. The fourth-order valence-electron chi connectivity index (χ4n) is 3.81. The number of nitro groups is 1. The van der Waals surface area contributed by atoms with Gasteiger partial charge in [0.25, 0.3) is 11.6 Å². The molecular weight excluding hydrogens is 372 g/mol. The zero-order chi connectivity index (χ0) is 18.7. The van der Waals surface area contributed by atoms with Gasteiger partial charge in [0.05, 0.1) is 4.92 Å². The van der Waals surface area contributed by atoms with Gasteiger partial charge in [0.15, 0.2) is 0 Å². The Morgan fingerprint density at radius 2 is 1.89 bits per heavy atom. The smallest absolute Gasteiger partial charge is 0.270 e. The highest BCUT2D eigenvalue weighted by atomic mass is 35.5. The highest BCUT2D eigenvalue weighted by Crippen LogP contribution is 2.27. The lowest BCUT2D eigenvalue weighted by Gasteiger charge is -2.25. The fourth-order valence-corrected chi connectivity index (χ4v) is 3.81. The molecule has 2 amide bonds. The van der Waals surface area contributed by atoms with E-state index in [1.165, 1.54) is 24.3 Å². The van der Waals surface area contributed by atoms with E-state index in [1.54, 1.807) is 6.92 Å². The van der Waals surface area contributed by atoms with Crippen molar-refractivity contribution in [1.82, 2.24) is 15.5 Å². The number of hydrogen-bond acceptors (Lipinski definition) is 5. The van der Waals surface area contributed by atoms with Gasteiger partial charge in [0.2, 0.25) is 5.91 Å². The maximum absolute atomic E-state index is 12.7. The van der Waals surface area contributed by atoms with Crippen LogP contribution in [0.1, 0.15) is 30.1 Å². The highest BCUT2D eigenvalue weighted by Gasteiger charge is 2.32. The van der Waals surface area contributed by atoms with Crippen molar-refractivity contribution in [2.75, 3.05) is 26.2 Å². The molecule has 0 spiro atoms. The third-order valence-electron chi connectivity index (χ3n) is 5.37. The zero-order valence-electron chi connectivity index (χ0n) is 15.2. The van der Waals surface area contributed by atoms with Gasteiger partial charge >= 0.3 is 0 Å². The SMILES string of the molecule is CC(NC(=O)c1cccc([N+](=O)[O-])c1)C(=O)N1CC[C@@H]2CNC[C@@H]2CC1.Cl. The van der Waals surface area contributed by atoms with Gasteiger partial charge in [-0.25, -0.2) is 0 Å².